The van der Waals surface area contributed by atoms with Crippen molar-refractivity contribution >= 4 is 21.6 Å². The fourth-order valence-corrected chi connectivity index (χ4v) is 1.77. The van der Waals surface area contributed by atoms with E-state index in [9.17, 15) is 0 Å². The Morgan fingerprint density at radius 3 is 2.50 bits per heavy atom. The zero-order valence-electron chi connectivity index (χ0n) is 2.68. The van der Waals surface area contributed by atoms with Gasteiger partial charge in [0.1, 0.15) is 0 Å². The highest BCUT2D eigenvalue weighted by Gasteiger charge is 1.85. The lowest BCUT2D eigenvalue weighted by Gasteiger charge is -1.69. The molecular weight excluding hydrogens is 112 g/mol. The molecule has 1 aliphatic rings. The van der Waals surface area contributed by atoms with Gasteiger partial charge in [-0.05, 0) is 5.41 Å². The third-order valence-electron chi connectivity index (χ3n) is 0.384. The molecule has 0 aromatic heterocycles. The molecule has 0 aromatic carbocycles. The zero-order valence-corrected chi connectivity index (χ0v) is 4.31. The Kier molecular flexibility index (Phi) is 3.89. The standard InChI is InChI=1S/C3H4S2.CH4/c1-2-4-5-3-1;/h1-2H,3H2;1H4. The molecule has 1 aliphatic heterocycles. The number of hydrogen-bond donors (Lipinski definition) is 0. The van der Waals surface area contributed by atoms with Crippen molar-refractivity contribution in [2.45, 2.75) is 7.43 Å². The van der Waals surface area contributed by atoms with Crippen LogP contribution in [0.1, 0.15) is 7.43 Å². The highest BCUT2D eigenvalue weighted by atomic mass is 33.1. The van der Waals surface area contributed by atoms with E-state index in [-0.39, 0.29) is 7.43 Å². The van der Waals surface area contributed by atoms with Crippen molar-refractivity contribution < 1.29 is 0 Å². The predicted molar refractivity (Wildman–Crippen MR) is 35.9 cm³/mol. The Morgan fingerprint density at radius 2 is 2.33 bits per heavy atom. The largest absolute Gasteiger partial charge is 0.0854 e. The summed E-state index contributed by atoms with van der Waals surface area (Å²) in [5.74, 6) is 1.20. The third-order valence-corrected chi connectivity index (χ3v) is 2.30. The fourth-order valence-electron chi connectivity index (χ4n) is 0.196. The summed E-state index contributed by atoms with van der Waals surface area (Å²) in [7, 11) is 3.69. The first-order valence-electron chi connectivity index (χ1n) is 1.43. The monoisotopic (exact) mass is 120 g/mol. The van der Waals surface area contributed by atoms with Crippen LogP contribution in [0, 0.1) is 0 Å². The normalized spacial score (nSPS) is 17.3. The summed E-state index contributed by atoms with van der Waals surface area (Å²) in [5, 5.41) is 2.12. The molecule has 0 spiro atoms. The molecule has 1 rings (SSSR count). The molecule has 0 saturated carbocycles. The SMILES string of the molecule is C.C1=CSSC1. The van der Waals surface area contributed by atoms with Gasteiger partial charge in [0.05, 0.1) is 0 Å². The first kappa shape index (κ1) is 6.44. The van der Waals surface area contributed by atoms with E-state index >= 15 is 0 Å². The van der Waals surface area contributed by atoms with Crippen molar-refractivity contribution in [2.75, 3.05) is 5.75 Å². The van der Waals surface area contributed by atoms with Crippen LogP contribution in [0.25, 0.3) is 0 Å². The van der Waals surface area contributed by atoms with E-state index in [0.717, 1.165) is 0 Å². The molecule has 36 valence electrons. The maximum Gasteiger partial charge on any atom is 0.0229 e. The Labute approximate surface area is 46.8 Å². The van der Waals surface area contributed by atoms with Crippen molar-refractivity contribution in [3.05, 3.63) is 11.5 Å². The zero-order chi connectivity index (χ0) is 3.54. The molecule has 0 N–H and O–H groups in total. The number of rotatable bonds is 0. The maximum atomic E-state index is 2.16. The van der Waals surface area contributed by atoms with Crippen LogP contribution in [-0.2, 0) is 0 Å². The van der Waals surface area contributed by atoms with Gasteiger partial charge in [0, 0.05) is 5.75 Å². The predicted octanol–water partition coefficient (Wildman–Crippen LogP) is 2.53. The summed E-state index contributed by atoms with van der Waals surface area (Å²) < 4.78 is 0. The molecule has 0 saturated heterocycles. The van der Waals surface area contributed by atoms with Crippen LogP contribution in [0.2, 0.25) is 0 Å². The second-order valence-corrected chi connectivity index (χ2v) is 3.07. The summed E-state index contributed by atoms with van der Waals surface area (Å²) in [6.45, 7) is 0. The molecule has 0 unspecified atom stereocenters. The second-order valence-electron chi connectivity index (χ2n) is 0.753. The molecule has 2 heteroatoms. The van der Waals surface area contributed by atoms with E-state index in [1.54, 1.807) is 0 Å². The summed E-state index contributed by atoms with van der Waals surface area (Å²) in [5.41, 5.74) is 0. The molecular formula is C4H8S2. The van der Waals surface area contributed by atoms with Gasteiger partial charge in [0.25, 0.3) is 0 Å². The first-order valence-corrected chi connectivity index (χ1v) is 3.81. The molecule has 0 bridgehead atoms. The molecule has 0 radical (unpaired) electrons. The van der Waals surface area contributed by atoms with E-state index in [4.69, 9.17) is 0 Å². The summed E-state index contributed by atoms with van der Waals surface area (Å²) in [6.07, 6.45) is 2.16. The lowest BCUT2D eigenvalue weighted by atomic mass is 10.8. The Bertz CT molecular complexity index is 43.5. The van der Waals surface area contributed by atoms with Crippen LogP contribution >= 0.6 is 21.6 Å². The van der Waals surface area contributed by atoms with Gasteiger partial charge < -0.3 is 0 Å². The molecule has 0 nitrogen and oxygen atoms in total. The highest BCUT2D eigenvalue weighted by molar-refractivity contribution is 8.78. The Hall–Kier alpha value is 0.440. The van der Waals surface area contributed by atoms with E-state index in [0.29, 0.717) is 0 Å². The molecule has 0 atom stereocenters. The smallest absolute Gasteiger partial charge is 0.0229 e. The van der Waals surface area contributed by atoms with E-state index in [1.807, 2.05) is 21.6 Å². The lowest BCUT2D eigenvalue weighted by Crippen LogP contribution is -1.46. The van der Waals surface area contributed by atoms with E-state index < -0.39 is 0 Å². The minimum absolute atomic E-state index is 0. The number of hydrogen-bond acceptors (Lipinski definition) is 2. The Morgan fingerprint density at radius 1 is 1.50 bits per heavy atom. The van der Waals surface area contributed by atoms with Crippen molar-refractivity contribution in [3.63, 3.8) is 0 Å². The van der Waals surface area contributed by atoms with Crippen molar-refractivity contribution in [1.82, 2.24) is 0 Å². The van der Waals surface area contributed by atoms with Crippen LogP contribution in [0.4, 0.5) is 0 Å². The average molecular weight is 120 g/mol. The van der Waals surface area contributed by atoms with Crippen LogP contribution in [0.15, 0.2) is 11.5 Å². The molecule has 6 heavy (non-hydrogen) atoms. The highest BCUT2D eigenvalue weighted by Crippen LogP contribution is 2.27. The van der Waals surface area contributed by atoms with Crippen molar-refractivity contribution in [3.8, 4) is 0 Å². The van der Waals surface area contributed by atoms with Crippen LogP contribution < -0.4 is 0 Å². The van der Waals surface area contributed by atoms with Gasteiger partial charge in [-0.3, -0.25) is 0 Å². The molecule has 0 aliphatic carbocycles. The van der Waals surface area contributed by atoms with Crippen molar-refractivity contribution in [2.24, 2.45) is 0 Å². The summed E-state index contributed by atoms with van der Waals surface area (Å²) in [6, 6.07) is 0. The minimum atomic E-state index is 0. The molecule has 0 fully saturated rings. The van der Waals surface area contributed by atoms with Gasteiger partial charge in [0.15, 0.2) is 0 Å². The van der Waals surface area contributed by atoms with Gasteiger partial charge in [0.2, 0.25) is 0 Å². The minimum Gasteiger partial charge on any atom is -0.0854 e. The van der Waals surface area contributed by atoms with Gasteiger partial charge >= 0.3 is 0 Å². The van der Waals surface area contributed by atoms with Crippen LogP contribution in [-0.4, -0.2) is 5.75 Å². The van der Waals surface area contributed by atoms with Gasteiger partial charge in [-0.1, -0.05) is 35.1 Å². The lowest BCUT2D eigenvalue weighted by molar-refractivity contribution is 1.85. The van der Waals surface area contributed by atoms with Gasteiger partial charge in [-0.15, -0.1) is 0 Å². The Balaban J connectivity index is 0.000000250. The van der Waals surface area contributed by atoms with E-state index in [1.165, 1.54) is 5.75 Å². The molecule has 1 heterocycles. The average Bonchev–Trinajstić information content (AvgIpc) is 1.76. The van der Waals surface area contributed by atoms with E-state index in [2.05, 4.69) is 11.5 Å². The molecule has 0 amide bonds. The van der Waals surface area contributed by atoms with Gasteiger partial charge in [-0.2, -0.15) is 0 Å². The quantitative estimate of drug-likeness (QED) is 0.450. The first-order chi connectivity index (χ1) is 2.50. The summed E-state index contributed by atoms with van der Waals surface area (Å²) >= 11 is 0. The third kappa shape index (κ3) is 1.78. The second kappa shape index (κ2) is 3.62. The molecule has 0 aromatic rings. The van der Waals surface area contributed by atoms with Crippen LogP contribution in [0.5, 0.6) is 0 Å². The summed E-state index contributed by atoms with van der Waals surface area (Å²) in [4.78, 5) is 0. The van der Waals surface area contributed by atoms with Crippen molar-refractivity contribution in [1.29, 1.82) is 0 Å². The fraction of sp³-hybridized carbons (Fsp3) is 0.500. The van der Waals surface area contributed by atoms with Gasteiger partial charge in [-0.25, -0.2) is 0 Å². The van der Waals surface area contributed by atoms with Crippen LogP contribution in [0.3, 0.4) is 0 Å². The topological polar surface area (TPSA) is 0 Å². The maximum absolute atomic E-state index is 2.16.